The van der Waals surface area contributed by atoms with Gasteiger partial charge in [0.2, 0.25) is 0 Å². The number of hydrogen-bond donors (Lipinski definition) is 0. The summed E-state index contributed by atoms with van der Waals surface area (Å²) in [6.45, 7) is 15.2. The van der Waals surface area contributed by atoms with E-state index >= 15 is 0 Å². The normalized spacial score (nSPS) is 11.9. The summed E-state index contributed by atoms with van der Waals surface area (Å²) in [4.78, 5) is 9.58. The SMILES string of the molecule is Cc1nc(C(C)C)c(C(C)C)nc1C(C)C. The van der Waals surface area contributed by atoms with Gasteiger partial charge in [0.15, 0.2) is 0 Å². The van der Waals surface area contributed by atoms with Crippen LogP contribution in [0.15, 0.2) is 0 Å². The Morgan fingerprint density at radius 1 is 0.625 bits per heavy atom. The average Bonchev–Trinajstić information content (AvgIpc) is 2.15. The van der Waals surface area contributed by atoms with Crippen molar-refractivity contribution in [1.82, 2.24) is 9.97 Å². The number of nitrogens with zero attached hydrogens (tertiary/aromatic N) is 2. The van der Waals surface area contributed by atoms with Crippen LogP contribution in [0.25, 0.3) is 0 Å². The second kappa shape index (κ2) is 4.94. The van der Waals surface area contributed by atoms with Crippen LogP contribution in [-0.2, 0) is 0 Å². The first-order valence-electron chi connectivity index (χ1n) is 6.22. The second-order valence-electron chi connectivity index (χ2n) is 5.43. The zero-order chi connectivity index (χ0) is 12.5. The van der Waals surface area contributed by atoms with E-state index in [1.54, 1.807) is 0 Å². The molecule has 0 aliphatic carbocycles. The molecule has 2 nitrogen and oxygen atoms in total. The third-order valence-electron chi connectivity index (χ3n) is 2.80. The lowest BCUT2D eigenvalue weighted by atomic mass is 9.98. The molecule has 0 spiro atoms. The van der Waals surface area contributed by atoms with E-state index in [1.807, 2.05) is 0 Å². The van der Waals surface area contributed by atoms with Crippen molar-refractivity contribution in [3.63, 3.8) is 0 Å². The van der Waals surface area contributed by atoms with E-state index in [2.05, 4.69) is 48.5 Å². The van der Waals surface area contributed by atoms with Gasteiger partial charge in [-0.05, 0) is 24.7 Å². The Bertz CT molecular complexity index is 365. The van der Waals surface area contributed by atoms with Crippen molar-refractivity contribution in [2.24, 2.45) is 0 Å². The van der Waals surface area contributed by atoms with E-state index in [4.69, 9.17) is 9.97 Å². The number of hydrogen-bond acceptors (Lipinski definition) is 2. The van der Waals surface area contributed by atoms with Crippen LogP contribution in [0.2, 0.25) is 0 Å². The van der Waals surface area contributed by atoms with Crippen LogP contribution in [0.3, 0.4) is 0 Å². The maximum absolute atomic E-state index is 4.83. The Hall–Kier alpha value is -0.920. The summed E-state index contributed by atoms with van der Waals surface area (Å²) in [7, 11) is 0. The Morgan fingerprint density at radius 3 is 1.38 bits per heavy atom. The highest BCUT2D eigenvalue weighted by atomic mass is 14.9. The fourth-order valence-corrected chi connectivity index (χ4v) is 1.96. The van der Waals surface area contributed by atoms with Crippen molar-refractivity contribution >= 4 is 0 Å². The molecule has 0 aliphatic rings. The van der Waals surface area contributed by atoms with Gasteiger partial charge in [-0.2, -0.15) is 0 Å². The lowest BCUT2D eigenvalue weighted by molar-refractivity contribution is 0.685. The molecule has 2 heteroatoms. The van der Waals surface area contributed by atoms with Gasteiger partial charge >= 0.3 is 0 Å². The van der Waals surface area contributed by atoms with Gasteiger partial charge in [-0.15, -0.1) is 0 Å². The lowest BCUT2D eigenvalue weighted by Gasteiger charge is -2.18. The van der Waals surface area contributed by atoms with Crippen LogP contribution < -0.4 is 0 Å². The van der Waals surface area contributed by atoms with Crippen LogP contribution in [0.1, 0.15) is 82.1 Å². The minimum atomic E-state index is 0.447. The molecule has 1 rings (SSSR count). The van der Waals surface area contributed by atoms with Gasteiger partial charge in [0.05, 0.1) is 22.8 Å². The molecule has 90 valence electrons. The smallest absolute Gasteiger partial charge is 0.0650 e. The monoisotopic (exact) mass is 220 g/mol. The highest BCUT2D eigenvalue weighted by Gasteiger charge is 2.17. The Morgan fingerprint density at radius 2 is 1.00 bits per heavy atom. The van der Waals surface area contributed by atoms with Crippen molar-refractivity contribution in [3.05, 3.63) is 22.8 Å². The molecule has 0 aromatic carbocycles. The molecule has 0 unspecified atom stereocenters. The van der Waals surface area contributed by atoms with Crippen LogP contribution in [0.4, 0.5) is 0 Å². The summed E-state index contributed by atoms with van der Waals surface area (Å²) >= 11 is 0. The van der Waals surface area contributed by atoms with E-state index in [9.17, 15) is 0 Å². The molecule has 1 aromatic heterocycles. The molecule has 0 radical (unpaired) electrons. The molecule has 16 heavy (non-hydrogen) atoms. The summed E-state index contributed by atoms with van der Waals surface area (Å²) in [5, 5.41) is 0. The maximum Gasteiger partial charge on any atom is 0.0650 e. The third-order valence-corrected chi connectivity index (χ3v) is 2.80. The Kier molecular flexibility index (Phi) is 4.06. The Labute approximate surface area is 99.5 Å². The van der Waals surface area contributed by atoms with Crippen LogP contribution >= 0.6 is 0 Å². The standard InChI is InChI=1S/C14H24N2/c1-8(2)12-11(7)15-13(9(3)4)14(16-12)10(5)6/h8-10H,1-7H3. The molecule has 1 aromatic rings. The van der Waals surface area contributed by atoms with E-state index in [1.165, 1.54) is 5.69 Å². The zero-order valence-corrected chi connectivity index (χ0v) is 11.6. The molecule has 0 saturated carbocycles. The van der Waals surface area contributed by atoms with Gasteiger partial charge in [0.1, 0.15) is 0 Å². The summed E-state index contributed by atoms with van der Waals surface area (Å²) in [6.07, 6.45) is 0. The molecule has 0 atom stereocenters. The predicted octanol–water partition coefficient (Wildman–Crippen LogP) is 4.16. The molecule has 0 bridgehead atoms. The van der Waals surface area contributed by atoms with E-state index < -0.39 is 0 Å². The molecule has 0 amide bonds. The van der Waals surface area contributed by atoms with Gasteiger partial charge in [0, 0.05) is 0 Å². The molecule has 0 fully saturated rings. The molecule has 0 saturated heterocycles. The van der Waals surface area contributed by atoms with Crippen molar-refractivity contribution < 1.29 is 0 Å². The van der Waals surface area contributed by atoms with Crippen molar-refractivity contribution in [3.8, 4) is 0 Å². The quantitative estimate of drug-likeness (QED) is 0.764. The lowest BCUT2D eigenvalue weighted by Crippen LogP contribution is -2.11. The van der Waals surface area contributed by atoms with Crippen LogP contribution in [0.5, 0.6) is 0 Å². The van der Waals surface area contributed by atoms with Gasteiger partial charge in [0.25, 0.3) is 0 Å². The third kappa shape index (κ3) is 2.60. The van der Waals surface area contributed by atoms with Crippen LogP contribution in [0, 0.1) is 6.92 Å². The van der Waals surface area contributed by atoms with E-state index in [0.717, 1.165) is 17.1 Å². The van der Waals surface area contributed by atoms with Crippen molar-refractivity contribution in [1.29, 1.82) is 0 Å². The summed E-state index contributed by atoms with van der Waals surface area (Å²) < 4.78 is 0. The van der Waals surface area contributed by atoms with Crippen molar-refractivity contribution in [2.75, 3.05) is 0 Å². The minimum Gasteiger partial charge on any atom is -0.254 e. The summed E-state index contributed by atoms with van der Waals surface area (Å²) in [6, 6.07) is 0. The molecule has 1 heterocycles. The van der Waals surface area contributed by atoms with Crippen LogP contribution in [-0.4, -0.2) is 9.97 Å². The van der Waals surface area contributed by atoms with Gasteiger partial charge in [-0.25, -0.2) is 0 Å². The number of aromatic nitrogens is 2. The first-order valence-corrected chi connectivity index (χ1v) is 6.22. The minimum absolute atomic E-state index is 0.447. The summed E-state index contributed by atoms with van der Waals surface area (Å²) in [5.41, 5.74) is 4.57. The zero-order valence-electron chi connectivity index (χ0n) is 11.6. The van der Waals surface area contributed by atoms with Gasteiger partial charge in [-0.3, -0.25) is 9.97 Å². The topological polar surface area (TPSA) is 25.8 Å². The predicted molar refractivity (Wildman–Crippen MR) is 69.0 cm³/mol. The highest BCUT2D eigenvalue weighted by molar-refractivity contribution is 5.25. The number of rotatable bonds is 3. The van der Waals surface area contributed by atoms with Gasteiger partial charge in [-0.1, -0.05) is 41.5 Å². The summed E-state index contributed by atoms with van der Waals surface area (Å²) in [5.74, 6) is 1.35. The first kappa shape index (κ1) is 13.1. The van der Waals surface area contributed by atoms with E-state index in [-0.39, 0.29) is 0 Å². The van der Waals surface area contributed by atoms with Gasteiger partial charge < -0.3 is 0 Å². The first-order chi connectivity index (χ1) is 7.34. The fourth-order valence-electron chi connectivity index (χ4n) is 1.96. The fraction of sp³-hybridized carbons (Fsp3) is 0.714. The maximum atomic E-state index is 4.83. The Balaban J connectivity index is 3.37. The molecule has 0 aliphatic heterocycles. The van der Waals surface area contributed by atoms with E-state index in [0.29, 0.717) is 17.8 Å². The molecular formula is C14H24N2. The highest BCUT2D eigenvalue weighted by Crippen LogP contribution is 2.26. The molecular weight excluding hydrogens is 196 g/mol. The molecule has 0 N–H and O–H groups in total. The number of aryl methyl sites for hydroxylation is 1. The largest absolute Gasteiger partial charge is 0.254 e. The van der Waals surface area contributed by atoms with Crippen molar-refractivity contribution in [2.45, 2.75) is 66.2 Å². The second-order valence-corrected chi connectivity index (χ2v) is 5.43. The average molecular weight is 220 g/mol.